The van der Waals surface area contributed by atoms with Gasteiger partial charge in [-0.25, -0.2) is 4.68 Å². The minimum Gasteiger partial charge on any atom is -0.314 e. The van der Waals surface area contributed by atoms with Gasteiger partial charge in [0.1, 0.15) is 0 Å². The van der Waals surface area contributed by atoms with Gasteiger partial charge in [-0.2, -0.15) is 0 Å². The second kappa shape index (κ2) is 8.40. The van der Waals surface area contributed by atoms with Gasteiger partial charge in [0.15, 0.2) is 0 Å². The highest BCUT2D eigenvalue weighted by atomic mass is 15.4. The Morgan fingerprint density at radius 1 is 1.21 bits per heavy atom. The smallest absolute Gasteiger partial charge is 0.0964 e. The van der Waals surface area contributed by atoms with E-state index in [-0.39, 0.29) is 0 Å². The number of likely N-dealkylation sites (tertiary alicyclic amines) is 1. The molecule has 1 atom stereocenters. The average Bonchev–Trinajstić information content (AvgIpc) is 3.10. The first kappa shape index (κ1) is 17.1. The van der Waals surface area contributed by atoms with Crippen molar-refractivity contribution < 1.29 is 0 Å². The number of hydrogen-bond donors (Lipinski definition) is 1. The van der Waals surface area contributed by atoms with E-state index in [2.05, 4.69) is 68.7 Å². The molecule has 1 aromatic heterocycles. The van der Waals surface area contributed by atoms with Gasteiger partial charge in [0, 0.05) is 19.6 Å². The quantitative estimate of drug-likeness (QED) is 0.849. The van der Waals surface area contributed by atoms with Gasteiger partial charge in [-0.1, -0.05) is 42.5 Å². The van der Waals surface area contributed by atoms with Crippen LogP contribution in [0.2, 0.25) is 0 Å². The number of nitrogens with one attached hydrogen (secondary N) is 1. The van der Waals surface area contributed by atoms with E-state index < -0.39 is 0 Å². The van der Waals surface area contributed by atoms with E-state index in [1.807, 2.05) is 7.05 Å². The lowest BCUT2D eigenvalue weighted by Crippen LogP contribution is -2.35. The van der Waals surface area contributed by atoms with E-state index in [0.717, 1.165) is 25.3 Å². The van der Waals surface area contributed by atoms with Gasteiger partial charge in [-0.15, -0.1) is 5.10 Å². The maximum absolute atomic E-state index is 4.31. The van der Waals surface area contributed by atoms with Crippen molar-refractivity contribution in [2.45, 2.75) is 44.7 Å². The van der Waals surface area contributed by atoms with Gasteiger partial charge in [-0.3, -0.25) is 0 Å². The summed E-state index contributed by atoms with van der Waals surface area (Å²) in [5.41, 5.74) is 2.48. The predicted octanol–water partition coefficient (Wildman–Crippen LogP) is 2.83. The molecule has 130 valence electrons. The molecule has 0 saturated carbocycles. The van der Waals surface area contributed by atoms with Crippen LogP contribution in [0.3, 0.4) is 0 Å². The zero-order valence-electron chi connectivity index (χ0n) is 14.9. The summed E-state index contributed by atoms with van der Waals surface area (Å²) >= 11 is 0. The summed E-state index contributed by atoms with van der Waals surface area (Å²) in [4.78, 5) is 2.60. The minimum atomic E-state index is 0.505. The van der Waals surface area contributed by atoms with Crippen LogP contribution in [0.1, 0.15) is 49.4 Å². The summed E-state index contributed by atoms with van der Waals surface area (Å²) in [6, 6.07) is 11.4. The summed E-state index contributed by atoms with van der Waals surface area (Å²) < 4.78 is 2.07. The third-order valence-electron chi connectivity index (χ3n) is 5.09. The lowest BCUT2D eigenvalue weighted by atomic mass is 9.97. The van der Waals surface area contributed by atoms with E-state index in [1.165, 1.54) is 31.4 Å². The third-order valence-corrected chi connectivity index (χ3v) is 5.09. The van der Waals surface area contributed by atoms with Gasteiger partial charge in [-0.05, 0) is 44.3 Å². The van der Waals surface area contributed by atoms with Crippen LogP contribution in [0.15, 0.2) is 36.5 Å². The lowest BCUT2D eigenvalue weighted by molar-refractivity contribution is 0.174. The molecule has 1 unspecified atom stereocenters. The van der Waals surface area contributed by atoms with Crippen LogP contribution in [0.4, 0.5) is 0 Å². The molecule has 1 aromatic carbocycles. The molecule has 0 amide bonds. The summed E-state index contributed by atoms with van der Waals surface area (Å²) in [7, 11) is 1.94. The van der Waals surface area contributed by atoms with Crippen molar-refractivity contribution in [3.8, 4) is 0 Å². The number of rotatable bonds is 7. The molecule has 2 aromatic rings. The Morgan fingerprint density at radius 3 is 2.67 bits per heavy atom. The molecular weight excluding hydrogens is 298 g/mol. The van der Waals surface area contributed by atoms with Crippen molar-refractivity contribution in [3.05, 3.63) is 47.8 Å². The number of nitrogens with zero attached hydrogens (tertiary/aromatic N) is 4. The molecule has 5 heteroatoms. The molecule has 1 aliphatic heterocycles. The van der Waals surface area contributed by atoms with Crippen LogP contribution >= 0.6 is 0 Å². The average molecular weight is 327 g/mol. The first-order valence-electron chi connectivity index (χ1n) is 9.09. The highest BCUT2D eigenvalue weighted by Gasteiger charge is 2.21. The second-order valence-electron chi connectivity index (χ2n) is 6.89. The Morgan fingerprint density at radius 2 is 1.96 bits per heavy atom. The van der Waals surface area contributed by atoms with Crippen molar-refractivity contribution >= 4 is 0 Å². The van der Waals surface area contributed by atoms with Crippen molar-refractivity contribution in [2.75, 3.05) is 26.7 Å². The monoisotopic (exact) mass is 327 g/mol. The second-order valence-corrected chi connectivity index (χ2v) is 6.89. The zero-order chi connectivity index (χ0) is 16.8. The fourth-order valence-electron chi connectivity index (χ4n) is 3.49. The van der Waals surface area contributed by atoms with E-state index >= 15 is 0 Å². The van der Waals surface area contributed by atoms with Gasteiger partial charge < -0.3 is 10.2 Å². The molecule has 24 heavy (non-hydrogen) atoms. The maximum Gasteiger partial charge on any atom is 0.0964 e. The Hall–Kier alpha value is -1.72. The highest BCUT2D eigenvalue weighted by Crippen LogP contribution is 2.24. The number of hydrogen-bond acceptors (Lipinski definition) is 4. The zero-order valence-corrected chi connectivity index (χ0v) is 14.9. The SMILES string of the molecule is CNCc1cn(C2CCN(CCC(C)c3ccccc3)CC2)nn1. The molecule has 0 bridgehead atoms. The molecule has 0 radical (unpaired) electrons. The number of aromatic nitrogens is 3. The van der Waals surface area contributed by atoms with Gasteiger partial charge >= 0.3 is 0 Å². The van der Waals surface area contributed by atoms with Gasteiger partial charge in [0.25, 0.3) is 0 Å². The minimum absolute atomic E-state index is 0.505. The van der Waals surface area contributed by atoms with Crippen molar-refractivity contribution in [1.29, 1.82) is 0 Å². The van der Waals surface area contributed by atoms with Gasteiger partial charge in [0.2, 0.25) is 0 Å². The largest absolute Gasteiger partial charge is 0.314 e. The van der Waals surface area contributed by atoms with Gasteiger partial charge in [0.05, 0.1) is 17.9 Å². The molecule has 5 nitrogen and oxygen atoms in total. The maximum atomic E-state index is 4.31. The molecule has 3 rings (SSSR count). The van der Waals surface area contributed by atoms with E-state index in [4.69, 9.17) is 0 Å². The number of piperidine rings is 1. The highest BCUT2D eigenvalue weighted by molar-refractivity contribution is 5.18. The van der Waals surface area contributed by atoms with Crippen LogP contribution in [0, 0.1) is 0 Å². The lowest BCUT2D eigenvalue weighted by Gasteiger charge is -2.32. The summed E-state index contributed by atoms with van der Waals surface area (Å²) in [5, 5.41) is 11.7. The van der Waals surface area contributed by atoms with E-state index in [9.17, 15) is 0 Å². The van der Waals surface area contributed by atoms with Crippen LogP contribution in [0.25, 0.3) is 0 Å². The number of benzene rings is 1. The molecule has 0 spiro atoms. The molecule has 1 saturated heterocycles. The fraction of sp³-hybridized carbons (Fsp3) is 0.579. The van der Waals surface area contributed by atoms with Crippen molar-refractivity contribution in [1.82, 2.24) is 25.2 Å². The summed E-state index contributed by atoms with van der Waals surface area (Å²) in [6.45, 7) is 6.63. The predicted molar refractivity (Wildman–Crippen MR) is 97.0 cm³/mol. The van der Waals surface area contributed by atoms with E-state index in [0.29, 0.717) is 12.0 Å². The Balaban J connectivity index is 1.43. The van der Waals surface area contributed by atoms with Crippen LogP contribution < -0.4 is 5.32 Å². The third kappa shape index (κ3) is 4.42. The van der Waals surface area contributed by atoms with Crippen LogP contribution in [0.5, 0.6) is 0 Å². The fourth-order valence-corrected chi connectivity index (χ4v) is 3.49. The van der Waals surface area contributed by atoms with E-state index in [1.54, 1.807) is 0 Å². The first-order valence-corrected chi connectivity index (χ1v) is 9.09. The van der Waals surface area contributed by atoms with Crippen molar-refractivity contribution in [2.24, 2.45) is 0 Å². The van der Waals surface area contributed by atoms with Crippen LogP contribution in [-0.2, 0) is 6.54 Å². The molecular formula is C19H29N5. The molecule has 1 N–H and O–H groups in total. The Labute approximate surface area is 145 Å². The topological polar surface area (TPSA) is 46.0 Å². The summed E-state index contributed by atoms with van der Waals surface area (Å²) in [6.07, 6.45) is 5.66. The van der Waals surface area contributed by atoms with Crippen molar-refractivity contribution in [3.63, 3.8) is 0 Å². The molecule has 2 heterocycles. The van der Waals surface area contributed by atoms with Crippen LogP contribution in [-0.4, -0.2) is 46.6 Å². The Bertz CT molecular complexity index is 601. The molecule has 1 aliphatic rings. The summed E-state index contributed by atoms with van der Waals surface area (Å²) in [5.74, 6) is 0.628. The molecule has 0 aliphatic carbocycles. The first-order chi connectivity index (χ1) is 11.8. The Kier molecular flexibility index (Phi) is 5.99. The standard InChI is InChI=1S/C19H29N5/c1-16(17-6-4-3-5-7-17)8-11-23-12-9-19(10-13-23)24-15-18(14-20-2)21-22-24/h3-7,15-16,19-20H,8-14H2,1-2H3. The molecule has 1 fully saturated rings. The normalized spacial score (nSPS) is 17.9.